The minimum atomic E-state index is 0.480. The van der Waals surface area contributed by atoms with Crippen molar-refractivity contribution in [1.82, 2.24) is 9.97 Å². The number of thioether (sulfide) groups is 1. The Labute approximate surface area is 103 Å². The van der Waals surface area contributed by atoms with Gasteiger partial charge in [-0.3, -0.25) is 0 Å². The molecular weight excluding hydrogens is 218 g/mol. The Morgan fingerprint density at radius 2 is 1.88 bits per heavy atom. The Bertz CT molecular complexity index is 321. The minimum absolute atomic E-state index is 0.480. The zero-order valence-corrected chi connectivity index (χ0v) is 11.6. The molecule has 16 heavy (non-hydrogen) atoms. The summed E-state index contributed by atoms with van der Waals surface area (Å²) >= 11 is 1.88. The summed E-state index contributed by atoms with van der Waals surface area (Å²) in [4.78, 5) is 11.1. The first kappa shape index (κ1) is 13.3. The van der Waals surface area contributed by atoms with Crippen LogP contribution in [-0.4, -0.2) is 35.1 Å². The average Bonchev–Trinajstić information content (AvgIpc) is 2.23. The van der Waals surface area contributed by atoms with E-state index in [9.17, 15) is 0 Å². The third kappa shape index (κ3) is 3.67. The molecule has 0 fully saturated rings. The van der Waals surface area contributed by atoms with Crippen LogP contribution in [0.15, 0.2) is 6.07 Å². The fourth-order valence-corrected chi connectivity index (χ4v) is 2.12. The lowest BCUT2D eigenvalue weighted by Gasteiger charge is -2.25. The van der Waals surface area contributed by atoms with Crippen LogP contribution in [0.4, 0.5) is 5.95 Å². The lowest BCUT2D eigenvalue weighted by molar-refractivity contribution is 0.651. The highest BCUT2D eigenvalue weighted by molar-refractivity contribution is 7.98. The van der Waals surface area contributed by atoms with Crippen molar-refractivity contribution in [2.24, 2.45) is 0 Å². The van der Waals surface area contributed by atoms with Gasteiger partial charge >= 0.3 is 0 Å². The highest BCUT2D eigenvalue weighted by Gasteiger charge is 2.12. The van der Waals surface area contributed by atoms with E-state index in [1.165, 1.54) is 5.75 Å². The van der Waals surface area contributed by atoms with Crippen molar-refractivity contribution >= 4 is 17.7 Å². The van der Waals surface area contributed by atoms with Gasteiger partial charge < -0.3 is 4.90 Å². The first-order valence-corrected chi connectivity index (χ1v) is 6.98. The molecule has 90 valence electrons. The molecule has 1 aromatic heterocycles. The van der Waals surface area contributed by atoms with Gasteiger partial charge in [0.25, 0.3) is 0 Å². The molecule has 0 amide bonds. The quantitative estimate of drug-likeness (QED) is 0.790. The molecular formula is C12H21N3S. The molecule has 0 aliphatic carbocycles. The molecule has 0 saturated carbocycles. The third-order valence-corrected chi connectivity index (χ3v) is 3.33. The second kappa shape index (κ2) is 6.09. The Hall–Kier alpha value is -0.770. The maximum absolute atomic E-state index is 4.47. The largest absolute Gasteiger partial charge is 0.341 e. The van der Waals surface area contributed by atoms with Gasteiger partial charge in [0, 0.05) is 24.5 Å². The Kier molecular flexibility index (Phi) is 5.06. The molecule has 0 saturated heterocycles. The van der Waals surface area contributed by atoms with Crippen molar-refractivity contribution in [2.75, 3.05) is 24.0 Å². The lowest BCUT2D eigenvalue weighted by atomic mass is 10.2. The summed E-state index contributed by atoms with van der Waals surface area (Å²) in [6.07, 6.45) is 3.30. The standard InChI is InChI=1S/C12H21N3S/c1-9-8-10(2)14-12(13-9)15(4)11(3)6-7-16-5/h8,11H,6-7H2,1-5H3/t11-/m0/s1. The summed E-state index contributed by atoms with van der Waals surface area (Å²) in [5.41, 5.74) is 2.07. The Balaban J connectivity index is 2.74. The first-order valence-electron chi connectivity index (χ1n) is 5.58. The molecule has 1 rings (SSSR count). The van der Waals surface area contributed by atoms with Gasteiger partial charge in [-0.25, -0.2) is 9.97 Å². The van der Waals surface area contributed by atoms with Gasteiger partial charge in [0.1, 0.15) is 0 Å². The highest BCUT2D eigenvalue weighted by atomic mass is 32.2. The summed E-state index contributed by atoms with van der Waals surface area (Å²) in [5.74, 6) is 2.02. The number of rotatable bonds is 5. The van der Waals surface area contributed by atoms with Gasteiger partial charge in [0.05, 0.1) is 0 Å². The molecule has 1 atom stereocenters. The minimum Gasteiger partial charge on any atom is -0.341 e. The second-order valence-corrected chi connectivity index (χ2v) is 5.18. The fourth-order valence-electron chi connectivity index (χ4n) is 1.54. The van der Waals surface area contributed by atoms with Crippen LogP contribution in [0.3, 0.4) is 0 Å². The number of aryl methyl sites for hydroxylation is 2. The van der Waals surface area contributed by atoms with E-state index in [0.717, 1.165) is 23.8 Å². The van der Waals surface area contributed by atoms with Crippen LogP contribution < -0.4 is 4.90 Å². The van der Waals surface area contributed by atoms with E-state index < -0.39 is 0 Å². The molecule has 0 aliphatic heterocycles. The van der Waals surface area contributed by atoms with Gasteiger partial charge in [0.15, 0.2) is 0 Å². The van der Waals surface area contributed by atoms with Crippen molar-refractivity contribution in [2.45, 2.75) is 33.2 Å². The summed E-state index contributed by atoms with van der Waals surface area (Å²) in [7, 11) is 2.07. The van der Waals surface area contributed by atoms with E-state index in [0.29, 0.717) is 6.04 Å². The topological polar surface area (TPSA) is 29.0 Å². The molecule has 3 nitrogen and oxygen atoms in total. The smallest absolute Gasteiger partial charge is 0.225 e. The van der Waals surface area contributed by atoms with E-state index in [1.807, 2.05) is 31.7 Å². The number of aromatic nitrogens is 2. The predicted molar refractivity (Wildman–Crippen MR) is 72.4 cm³/mol. The number of hydrogen-bond acceptors (Lipinski definition) is 4. The molecule has 4 heteroatoms. The van der Waals surface area contributed by atoms with Gasteiger partial charge in [-0.1, -0.05) is 0 Å². The Morgan fingerprint density at radius 1 is 1.31 bits per heavy atom. The van der Waals surface area contributed by atoms with Gasteiger partial charge in [0.2, 0.25) is 5.95 Å². The van der Waals surface area contributed by atoms with E-state index in [4.69, 9.17) is 0 Å². The summed E-state index contributed by atoms with van der Waals surface area (Å²) in [6, 6.07) is 2.48. The first-order chi connectivity index (χ1) is 7.54. The van der Waals surface area contributed by atoms with Crippen LogP contribution in [-0.2, 0) is 0 Å². The molecule has 1 aromatic rings. The van der Waals surface area contributed by atoms with Crippen molar-refractivity contribution in [3.8, 4) is 0 Å². The van der Waals surface area contributed by atoms with E-state index in [2.05, 4.69) is 35.1 Å². The van der Waals surface area contributed by atoms with Crippen molar-refractivity contribution in [3.63, 3.8) is 0 Å². The second-order valence-electron chi connectivity index (χ2n) is 4.19. The lowest BCUT2D eigenvalue weighted by Crippen LogP contribution is -2.31. The Morgan fingerprint density at radius 3 is 2.38 bits per heavy atom. The van der Waals surface area contributed by atoms with Crippen LogP contribution in [0, 0.1) is 13.8 Å². The van der Waals surface area contributed by atoms with Crippen LogP contribution in [0.1, 0.15) is 24.7 Å². The van der Waals surface area contributed by atoms with Crippen molar-refractivity contribution in [1.29, 1.82) is 0 Å². The van der Waals surface area contributed by atoms with E-state index in [-0.39, 0.29) is 0 Å². The van der Waals surface area contributed by atoms with Gasteiger partial charge in [-0.2, -0.15) is 11.8 Å². The van der Waals surface area contributed by atoms with Crippen molar-refractivity contribution < 1.29 is 0 Å². The normalized spacial score (nSPS) is 12.6. The van der Waals surface area contributed by atoms with Crippen LogP contribution >= 0.6 is 11.8 Å². The fraction of sp³-hybridized carbons (Fsp3) is 0.667. The molecule has 0 unspecified atom stereocenters. The van der Waals surface area contributed by atoms with Crippen LogP contribution in [0.2, 0.25) is 0 Å². The van der Waals surface area contributed by atoms with Gasteiger partial charge in [-0.05, 0) is 45.3 Å². The molecule has 0 N–H and O–H groups in total. The zero-order valence-electron chi connectivity index (χ0n) is 10.8. The zero-order chi connectivity index (χ0) is 12.1. The maximum atomic E-state index is 4.47. The predicted octanol–water partition coefficient (Wildman–Crippen LogP) is 2.67. The van der Waals surface area contributed by atoms with E-state index >= 15 is 0 Å². The average molecular weight is 239 g/mol. The number of anilines is 1. The summed E-state index contributed by atoms with van der Waals surface area (Å²) < 4.78 is 0. The maximum Gasteiger partial charge on any atom is 0.225 e. The number of hydrogen-bond donors (Lipinski definition) is 0. The monoisotopic (exact) mass is 239 g/mol. The molecule has 0 aliphatic rings. The van der Waals surface area contributed by atoms with Crippen LogP contribution in [0.25, 0.3) is 0 Å². The molecule has 1 heterocycles. The molecule has 0 aromatic carbocycles. The van der Waals surface area contributed by atoms with Crippen molar-refractivity contribution in [3.05, 3.63) is 17.5 Å². The summed E-state index contributed by atoms with van der Waals surface area (Å²) in [6.45, 7) is 6.24. The molecule has 0 bridgehead atoms. The third-order valence-electron chi connectivity index (χ3n) is 2.69. The number of nitrogens with zero attached hydrogens (tertiary/aromatic N) is 3. The summed E-state index contributed by atoms with van der Waals surface area (Å²) in [5, 5.41) is 0. The van der Waals surface area contributed by atoms with E-state index in [1.54, 1.807) is 0 Å². The van der Waals surface area contributed by atoms with Crippen LogP contribution in [0.5, 0.6) is 0 Å². The highest BCUT2D eigenvalue weighted by Crippen LogP contribution is 2.14. The van der Waals surface area contributed by atoms with Gasteiger partial charge in [-0.15, -0.1) is 0 Å². The molecule has 0 spiro atoms. The molecule has 0 radical (unpaired) electrons. The SMILES string of the molecule is CSCC[C@H](C)N(C)c1nc(C)cc(C)n1.